The molecule has 1 aromatic heterocycles. The Morgan fingerprint density at radius 3 is 1.81 bits per heavy atom. The minimum absolute atomic E-state index is 0.0495. The maximum absolute atomic E-state index is 2.63. The van der Waals surface area contributed by atoms with Gasteiger partial charge in [0.15, 0.2) is 0 Å². The topological polar surface area (TPSA) is 14.7 Å². The first-order valence-corrected chi connectivity index (χ1v) is 27.6. The van der Waals surface area contributed by atoms with Crippen LogP contribution in [-0.4, -0.2) is 17.7 Å². The zero-order chi connectivity index (χ0) is 53.0. The number of anilines is 6. The summed E-state index contributed by atoms with van der Waals surface area (Å²) in [6, 6.07) is 73.2. The van der Waals surface area contributed by atoms with Crippen LogP contribution < -0.4 is 14.7 Å². The number of aromatic nitrogens is 1. The van der Waals surface area contributed by atoms with E-state index in [1.165, 1.54) is 94.3 Å². The normalized spacial score (nSPS) is 16.4. The van der Waals surface area contributed by atoms with Gasteiger partial charge in [-0.3, -0.25) is 0 Å². The fourth-order valence-corrected chi connectivity index (χ4v) is 11.7. The summed E-state index contributed by atoms with van der Waals surface area (Å²) in [6.45, 7) is 6.44. The molecule has 0 N–H and O–H groups in total. The number of benzene rings is 9. The number of hydrogen-bond donors (Lipinski definition) is 0. The lowest BCUT2D eigenvalue weighted by Gasteiger charge is -2.38. The molecule has 0 saturated carbocycles. The van der Waals surface area contributed by atoms with E-state index in [0.717, 1.165) is 42.8 Å². The first-order valence-electron chi connectivity index (χ1n) is 27.6. The van der Waals surface area contributed by atoms with Crippen molar-refractivity contribution in [2.45, 2.75) is 58.5 Å². The van der Waals surface area contributed by atoms with Crippen LogP contribution in [0.2, 0.25) is 0 Å². The predicted molar refractivity (Wildman–Crippen MR) is 335 cm³/mol. The third kappa shape index (κ3) is 10.1. The largest absolute Gasteiger partial charge is 0.354 e. The van der Waals surface area contributed by atoms with Gasteiger partial charge in [0.2, 0.25) is 0 Å². The van der Waals surface area contributed by atoms with Crippen LogP contribution in [0.1, 0.15) is 58.0 Å². The molecule has 0 fully saturated rings. The molecule has 9 aromatic carbocycles. The molecule has 382 valence electrons. The highest BCUT2D eigenvalue weighted by Gasteiger charge is 2.29. The summed E-state index contributed by atoms with van der Waals surface area (Å²) in [5.74, 6) is 0. The molecule has 10 aromatic rings. The average Bonchev–Trinajstić information content (AvgIpc) is 3.79. The van der Waals surface area contributed by atoms with Crippen molar-refractivity contribution in [2.24, 2.45) is 0 Å². The van der Waals surface area contributed by atoms with Crippen molar-refractivity contribution in [1.82, 2.24) is 4.57 Å². The van der Waals surface area contributed by atoms with Gasteiger partial charge in [0, 0.05) is 57.3 Å². The summed E-state index contributed by atoms with van der Waals surface area (Å²) >= 11 is 0. The van der Waals surface area contributed by atoms with Crippen LogP contribution in [0.4, 0.5) is 34.1 Å². The molecule has 4 heteroatoms. The van der Waals surface area contributed by atoms with Crippen molar-refractivity contribution in [1.29, 1.82) is 0 Å². The molecule has 0 radical (unpaired) electrons. The molecule has 3 aliphatic rings. The van der Waals surface area contributed by atoms with Crippen molar-refractivity contribution in [3.8, 4) is 0 Å². The van der Waals surface area contributed by atoms with E-state index in [1.54, 1.807) is 0 Å². The Balaban J connectivity index is 0.000000269. The Kier molecular flexibility index (Phi) is 14.2. The molecule has 0 saturated heterocycles. The number of nitrogens with zero attached hydrogens (tertiary/aromatic N) is 4. The summed E-state index contributed by atoms with van der Waals surface area (Å²) in [5.41, 5.74) is 18.7. The van der Waals surface area contributed by atoms with Crippen molar-refractivity contribution in [3.05, 3.63) is 300 Å². The molecule has 4 nitrogen and oxygen atoms in total. The Labute approximate surface area is 460 Å². The smallest absolute Gasteiger partial charge is 0.0670 e. The van der Waals surface area contributed by atoms with E-state index in [4.69, 9.17) is 0 Å². The first kappa shape index (κ1) is 49.7. The summed E-state index contributed by atoms with van der Waals surface area (Å²) < 4.78 is 2.49. The van der Waals surface area contributed by atoms with Gasteiger partial charge in [0.1, 0.15) is 0 Å². The van der Waals surface area contributed by atoms with Crippen LogP contribution in [0, 0.1) is 20.8 Å². The molecule has 2 atom stereocenters. The summed E-state index contributed by atoms with van der Waals surface area (Å²) in [6.07, 6.45) is 29.4. The second-order valence-electron chi connectivity index (χ2n) is 21.0. The van der Waals surface area contributed by atoms with Crippen LogP contribution in [-0.2, 0) is 12.8 Å². The van der Waals surface area contributed by atoms with E-state index in [2.05, 4.69) is 314 Å². The van der Waals surface area contributed by atoms with Gasteiger partial charge < -0.3 is 19.3 Å². The van der Waals surface area contributed by atoms with Crippen LogP contribution in [0.15, 0.2) is 261 Å². The Morgan fingerprint density at radius 2 is 1.08 bits per heavy atom. The molecular formula is C74H66N4. The van der Waals surface area contributed by atoms with Gasteiger partial charge in [-0.25, -0.2) is 0 Å². The van der Waals surface area contributed by atoms with Crippen LogP contribution in [0.25, 0.3) is 44.2 Å². The van der Waals surface area contributed by atoms with Crippen molar-refractivity contribution in [3.63, 3.8) is 0 Å². The first-order chi connectivity index (χ1) is 38.4. The maximum Gasteiger partial charge on any atom is 0.0670 e. The van der Waals surface area contributed by atoms with Crippen LogP contribution >= 0.6 is 0 Å². The van der Waals surface area contributed by atoms with E-state index in [-0.39, 0.29) is 12.1 Å². The maximum atomic E-state index is 2.63. The fourth-order valence-electron chi connectivity index (χ4n) is 11.7. The van der Waals surface area contributed by atoms with Crippen molar-refractivity contribution < 1.29 is 0 Å². The standard InChI is InChI=1S/C56H49N3.C18H17N/c1-40-27-31-46(32-28-40)57(53-25-12-9-17-42-15-7-10-21-49(42)53)44-19-14-20-45(36-35-44)59-55-24-6-4-3-5-23-51(55)52-39-48(37-38-56(52)59)58(47-33-29-41(2)30-34-47)54-26-13-18-43-16-8-11-22-50(43)54;1-14-10-12-16(13-11-14)19(2)18-9-5-7-15-6-3-4-8-17(15)18/h3,5-16,18-22,24,26-39,44,53H,4,17,23,25H2,1-2H3;3-13H,1-2H3/b5-3+,24-6-;. The number of fused-ring (bicyclic) bond motifs is 6. The van der Waals surface area contributed by atoms with Crippen LogP contribution in [0.3, 0.4) is 0 Å². The average molecular weight is 1010 g/mol. The van der Waals surface area contributed by atoms with Crippen LogP contribution in [0.5, 0.6) is 0 Å². The lowest BCUT2D eigenvalue weighted by Crippen LogP contribution is -2.36. The lowest BCUT2D eigenvalue weighted by atomic mass is 9.95. The molecule has 0 spiro atoms. The minimum atomic E-state index is 0.0495. The van der Waals surface area contributed by atoms with Gasteiger partial charge in [-0.1, -0.05) is 199 Å². The van der Waals surface area contributed by atoms with E-state index in [1.807, 2.05) is 0 Å². The van der Waals surface area contributed by atoms with Gasteiger partial charge in [-0.2, -0.15) is 0 Å². The Bertz CT molecular complexity index is 3960. The molecule has 0 amide bonds. The second-order valence-corrected chi connectivity index (χ2v) is 21.0. The van der Waals surface area contributed by atoms with Crippen molar-refractivity contribution in [2.75, 3.05) is 21.7 Å². The lowest BCUT2D eigenvalue weighted by molar-refractivity contribution is 0.616. The third-order valence-corrected chi connectivity index (χ3v) is 15.8. The fraction of sp³-hybridized carbons (Fsp3) is 0.135. The number of aryl methyl sites for hydroxylation is 3. The molecule has 3 aliphatic carbocycles. The molecule has 1 heterocycles. The quantitative estimate of drug-likeness (QED) is 0.134. The molecule has 0 bridgehead atoms. The van der Waals surface area contributed by atoms with Gasteiger partial charge >= 0.3 is 0 Å². The molecule has 0 aliphatic heterocycles. The van der Waals surface area contributed by atoms with E-state index in [9.17, 15) is 0 Å². The molecule has 78 heavy (non-hydrogen) atoms. The van der Waals surface area contributed by atoms with Gasteiger partial charge in [-0.05, 0) is 159 Å². The van der Waals surface area contributed by atoms with E-state index < -0.39 is 0 Å². The summed E-state index contributed by atoms with van der Waals surface area (Å²) in [7, 11) is 2.12. The van der Waals surface area contributed by atoms with Gasteiger partial charge in [0.05, 0.1) is 29.0 Å². The number of allylic oxidation sites excluding steroid dienone is 8. The number of rotatable bonds is 9. The highest BCUT2D eigenvalue weighted by Crippen LogP contribution is 2.43. The monoisotopic (exact) mass is 1010 g/mol. The zero-order valence-corrected chi connectivity index (χ0v) is 45.2. The second kappa shape index (κ2) is 22.2. The molecular weight excluding hydrogens is 945 g/mol. The van der Waals surface area contributed by atoms with Gasteiger partial charge in [-0.15, -0.1) is 0 Å². The van der Waals surface area contributed by atoms with Gasteiger partial charge in [0.25, 0.3) is 0 Å². The third-order valence-electron chi connectivity index (χ3n) is 15.8. The zero-order valence-electron chi connectivity index (χ0n) is 45.2. The highest BCUT2D eigenvalue weighted by molar-refractivity contribution is 6.02. The summed E-state index contributed by atoms with van der Waals surface area (Å²) in [5, 5.41) is 6.29. The predicted octanol–water partition coefficient (Wildman–Crippen LogP) is 19.4. The Hall–Kier alpha value is -9.12. The van der Waals surface area contributed by atoms with E-state index >= 15 is 0 Å². The molecule has 13 rings (SSSR count). The summed E-state index contributed by atoms with van der Waals surface area (Å²) in [4.78, 5) is 7.29. The SMILES string of the molecule is Cc1ccc(N(C)c2cccc3ccccc23)cc1.Cc1ccc(N(c2ccc3c(c2)c2c(n3C3=CC=CC(N(c4ccc(C)cc4)C4CC=CCc5ccccc54)C=C3)/C=C\C/C=C/C2)c2cccc3ccccc23)cc1. The minimum Gasteiger partial charge on any atom is -0.354 e. The number of hydrogen-bond acceptors (Lipinski definition) is 3. The van der Waals surface area contributed by atoms with E-state index in [0.29, 0.717) is 0 Å². The van der Waals surface area contributed by atoms with Crippen molar-refractivity contribution >= 4 is 78.3 Å². The molecule has 2 unspecified atom stereocenters. The highest BCUT2D eigenvalue weighted by atomic mass is 15.2. The Morgan fingerprint density at radius 1 is 0.474 bits per heavy atom.